The fourth-order valence-corrected chi connectivity index (χ4v) is 0.651. The van der Waals surface area contributed by atoms with Gasteiger partial charge in [0.05, 0.1) is 11.9 Å². The molecule has 0 radical (unpaired) electrons. The second kappa shape index (κ2) is 18.1. The van der Waals surface area contributed by atoms with E-state index in [9.17, 15) is 29.4 Å². The van der Waals surface area contributed by atoms with E-state index in [1.807, 2.05) is 0 Å². The molecule has 0 spiro atoms. The zero-order chi connectivity index (χ0) is 17.4. The number of esters is 2. The van der Waals surface area contributed by atoms with E-state index in [0.29, 0.717) is 12.2 Å². The molecule has 0 heterocycles. The molecule has 0 rings (SSSR count). The molecular formula is C14H14CaO8. The molecule has 0 aliphatic carbocycles. The number of rotatable bonds is 8. The van der Waals surface area contributed by atoms with Gasteiger partial charge in [0.25, 0.3) is 0 Å². The first-order valence-corrected chi connectivity index (χ1v) is 5.66. The summed E-state index contributed by atoms with van der Waals surface area (Å²) in [6.45, 7) is 6.73. The molecule has 0 atom stereocenters. The minimum absolute atomic E-state index is 0. The van der Waals surface area contributed by atoms with Crippen LogP contribution in [0.2, 0.25) is 0 Å². The van der Waals surface area contributed by atoms with Crippen LogP contribution in [0.25, 0.3) is 0 Å². The first-order valence-electron chi connectivity index (χ1n) is 5.66. The molecule has 0 fully saturated rings. The molecule has 0 amide bonds. The predicted octanol–water partition coefficient (Wildman–Crippen LogP) is -2.34. The fourth-order valence-electron chi connectivity index (χ4n) is 0.651. The number of hydrogen-bond acceptors (Lipinski definition) is 8. The van der Waals surface area contributed by atoms with Gasteiger partial charge in [-0.1, -0.05) is 25.3 Å². The van der Waals surface area contributed by atoms with Crippen molar-refractivity contribution in [2.75, 3.05) is 13.2 Å². The number of ether oxygens (including phenoxy) is 2. The minimum atomic E-state index is -1.43. The molecule has 0 aromatic heterocycles. The van der Waals surface area contributed by atoms with E-state index >= 15 is 0 Å². The first-order chi connectivity index (χ1) is 10.3. The summed E-state index contributed by atoms with van der Waals surface area (Å²) in [5.41, 5.74) is 0. The Balaban J connectivity index is -0.000000333. The molecule has 0 aromatic carbocycles. The molecule has 0 unspecified atom stereocenters. The Bertz CT molecular complexity index is 435. The molecule has 9 heteroatoms. The molecule has 8 nitrogen and oxygen atoms in total. The molecule has 0 aromatic rings. The number of carboxylic acid groups (broad SMARTS) is 2. The van der Waals surface area contributed by atoms with Crippen molar-refractivity contribution >= 4 is 61.6 Å². The summed E-state index contributed by atoms with van der Waals surface area (Å²) in [6, 6.07) is 0. The van der Waals surface area contributed by atoms with Gasteiger partial charge in [-0.3, -0.25) is 0 Å². The molecule has 0 aliphatic rings. The summed E-state index contributed by atoms with van der Waals surface area (Å²) < 4.78 is 8.81. The summed E-state index contributed by atoms with van der Waals surface area (Å²) in [5.74, 6) is -4.32. The van der Waals surface area contributed by atoms with Crippen LogP contribution >= 0.6 is 0 Å². The van der Waals surface area contributed by atoms with Gasteiger partial charge in [0.15, 0.2) is 0 Å². The number of hydrogen-bond donors (Lipinski definition) is 0. The molecule has 0 aliphatic heterocycles. The smallest absolute Gasteiger partial charge is 0.545 e. The molecular weight excluding hydrogens is 336 g/mol. The maximum Gasteiger partial charge on any atom is 2.00 e. The third-order valence-corrected chi connectivity index (χ3v) is 1.40. The van der Waals surface area contributed by atoms with Crippen LogP contribution in [0.5, 0.6) is 0 Å². The Hall–Kier alpha value is -1.90. The molecule has 120 valence electrons. The van der Waals surface area contributed by atoms with Crippen molar-refractivity contribution in [1.82, 2.24) is 0 Å². The van der Waals surface area contributed by atoms with Crippen LogP contribution in [-0.4, -0.2) is 74.8 Å². The quantitative estimate of drug-likeness (QED) is 0.206. The molecule has 23 heavy (non-hydrogen) atoms. The molecule has 0 saturated heterocycles. The maximum absolute atomic E-state index is 10.5. The van der Waals surface area contributed by atoms with E-state index in [0.717, 1.165) is 12.2 Å². The van der Waals surface area contributed by atoms with Gasteiger partial charge < -0.3 is 29.3 Å². The number of aliphatic carboxylic acids is 2. The Morgan fingerprint density at radius 2 is 1.04 bits per heavy atom. The second-order valence-electron chi connectivity index (χ2n) is 3.14. The van der Waals surface area contributed by atoms with Crippen molar-refractivity contribution in [1.29, 1.82) is 0 Å². The summed E-state index contributed by atoms with van der Waals surface area (Å²) in [5, 5.41) is 19.5. The SMILES string of the molecule is C=CCOC(=O)C=CC(=O)[O-].C=CCOC(=O)C=CC(=O)[O-].[Ca+2]. The third-order valence-electron chi connectivity index (χ3n) is 1.40. The van der Waals surface area contributed by atoms with Gasteiger partial charge in [0.2, 0.25) is 0 Å². The Labute approximate surface area is 162 Å². The van der Waals surface area contributed by atoms with E-state index in [1.54, 1.807) is 0 Å². The van der Waals surface area contributed by atoms with E-state index in [1.165, 1.54) is 12.2 Å². The summed E-state index contributed by atoms with van der Waals surface area (Å²) in [7, 11) is 0. The van der Waals surface area contributed by atoms with Gasteiger partial charge in [-0.25, -0.2) is 9.59 Å². The topological polar surface area (TPSA) is 133 Å². The van der Waals surface area contributed by atoms with Crippen molar-refractivity contribution in [2.45, 2.75) is 0 Å². The normalized spacial score (nSPS) is 9.04. The zero-order valence-electron chi connectivity index (χ0n) is 12.3. The van der Waals surface area contributed by atoms with Crippen LogP contribution in [0.1, 0.15) is 0 Å². The number of carboxylic acids is 2. The van der Waals surface area contributed by atoms with E-state index in [-0.39, 0.29) is 51.0 Å². The van der Waals surface area contributed by atoms with Crippen molar-refractivity contribution in [3.63, 3.8) is 0 Å². The number of carbonyl (C=O) groups is 4. The van der Waals surface area contributed by atoms with Gasteiger partial charge in [0.1, 0.15) is 13.2 Å². The number of carbonyl (C=O) groups excluding carboxylic acids is 4. The van der Waals surface area contributed by atoms with Crippen LogP contribution in [0.15, 0.2) is 49.6 Å². The first kappa shape index (κ1) is 26.0. The summed E-state index contributed by atoms with van der Waals surface area (Å²) >= 11 is 0. The van der Waals surface area contributed by atoms with Crippen LogP contribution in [0.4, 0.5) is 0 Å². The average molecular weight is 350 g/mol. The van der Waals surface area contributed by atoms with Gasteiger partial charge in [-0.15, -0.1) is 0 Å². The van der Waals surface area contributed by atoms with Crippen LogP contribution < -0.4 is 10.2 Å². The predicted molar refractivity (Wildman–Crippen MR) is 76.4 cm³/mol. The molecule has 0 bridgehead atoms. The largest absolute Gasteiger partial charge is 2.00 e. The van der Waals surface area contributed by atoms with E-state index < -0.39 is 23.9 Å². The van der Waals surface area contributed by atoms with Crippen molar-refractivity contribution in [2.24, 2.45) is 0 Å². The Morgan fingerprint density at radius 3 is 1.26 bits per heavy atom. The van der Waals surface area contributed by atoms with Gasteiger partial charge >= 0.3 is 49.7 Å². The van der Waals surface area contributed by atoms with Crippen LogP contribution in [0.3, 0.4) is 0 Å². The maximum atomic E-state index is 10.5. The average Bonchev–Trinajstić information content (AvgIpc) is 2.47. The molecule has 0 N–H and O–H groups in total. The van der Waals surface area contributed by atoms with Gasteiger partial charge in [-0.05, 0) is 12.2 Å². The third kappa shape index (κ3) is 25.4. The van der Waals surface area contributed by atoms with Crippen LogP contribution in [-0.2, 0) is 28.7 Å². The fraction of sp³-hybridized carbons (Fsp3) is 0.143. The minimum Gasteiger partial charge on any atom is -0.545 e. The van der Waals surface area contributed by atoms with Crippen LogP contribution in [0, 0.1) is 0 Å². The van der Waals surface area contributed by atoms with Crippen molar-refractivity contribution < 1.29 is 38.9 Å². The van der Waals surface area contributed by atoms with Gasteiger partial charge in [-0.2, -0.15) is 0 Å². The summed E-state index contributed by atoms with van der Waals surface area (Å²) in [4.78, 5) is 40.4. The standard InChI is InChI=1S/2C7H8O4.Ca/c2*1-2-5-11-7(10)4-3-6(8)9;/h2*2-4H,1,5H2,(H,8,9);/q;;+2/p-2. The van der Waals surface area contributed by atoms with Crippen molar-refractivity contribution in [3.05, 3.63) is 49.6 Å². The van der Waals surface area contributed by atoms with E-state index in [2.05, 4.69) is 22.6 Å². The monoisotopic (exact) mass is 350 g/mol. The van der Waals surface area contributed by atoms with E-state index in [4.69, 9.17) is 0 Å². The van der Waals surface area contributed by atoms with Gasteiger partial charge in [0, 0.05) is 12.2 Å². The Kier molecular flexibility index (Phi) is 20.5. The van der Waals surface area contributed by atoms with Crippen molar-refractivity contribution in [3.8, 4) is 0 Å². The molecule has 0 saturated carbocycles. The second-order valence-corrected chi connectivity index (χ2v) is 3.14. The Morgan fingerprint density at radius 1 is 0.739 bits per heavy atom. The zero-order valence-corrected chi connectivity index (χ0v) is 14.5. The summed E-state index contributed by atoms with van der Waals surface area (Å²) in [6.07, 6.45) is 5.52.